The summed E-state index contributed by atoms with van der Waals surface area (Å²) in [5.41, 5.74) is 11.5. The summed E-state index contributed by atoms with van der Waals surface area (Å²) >= 11 is 1.11. The normalized spacial score (nSPS) is 10.6. The molecule has 0 atom stereocenters. The van der Waals surface area contributed by atoms with Crippen molar-refractivity contribution in [2.75, 3.05) is 45.3 Å². The van der Waals surface area contributed by atoms with Crippen molar-refractivity contribution in [1.29, 1.82) is 0 Å². The molecular formula is C12H21N5O2S. The van der Waals surface area contributed by atoms with Crippen molar-refractivity contribution in [3.8, 4) is 0 Å². The van der Waals surface area contributed by atoms with Gasteiger partial charge in [-0.25, -0.2) is 0 Å². The van der Waals surface area contributed by atoms with Crippen LogP contribution in [0.1, 0.15) is 26.5 Å². The second-order valence-corrected chi connectivity index (χ2v) is 5.60. The molecule has 0 bridgehead atoms. The molecule has 0 aromatic carbocycles. The minimum Gasteiger partial charge on any atom is -0.397 e. The summed E-state index contributed by atoms with van der Waals surface area (Å²) in [5, 5.41) is 6.23. The van der Waals surface area contributed by atoms with Crippen molar-refractivity contribution in [2.24, 2.45) is 5.73 Å². The maximum Gasteiger partial charge on any atom is 0.260 e. The summed E-state index contributed by atoms with van der Waals surface area (Å²) in [6.45, 7) is 1.60. The van der Waals surface area contributed by atoms with E-state index in [4.69, 9.17) is 11.5 Å². The number of carbonyl (C=O) groups excluding carboxylic acids is 2. The van der Waals surface area contributed by atoms with Crippen molar-refractivity contribution >= 4 is 33.8 Å². The molecule has 0 unspecified atom stereocenters. The SMILES string of the molecule is CNC(=O)c1c(NCCCN(C)C)sc(C(N)=O)c1N. The van der Waals surface area contributed by atoms with E-state index in [1.54, 1.807) is 0 Å². The Morgan fingerprint density at radius 2 is 2.00 bits per heavy atom. The lowest BCUT2D eigenvalue weighted by atomic mass is 10.2. The molecule has 1 aromatic heterocycles. The molecular weight excluding hydrogens is 278 g/mol. The molecule has 1 heterocycles. The maximum atomic E-state index is 11.8. The molecule has 0 saturated heterocycles. The summed E-state index contributed by atoms with van der Waals surface area (Å²) in [6, 6.07) is 0. The monoisotopic (exact) mass is 299 g/mol. The number of anilines is 2. The third-order valence-electron chi connectivity index (χ3n) is 2.69. The van der Waals surface area contributed by atoms with Gasteiger partial charge in [0.1, 0.15) is 9.88 Å². The van der Waals surface area contributed by atoms with E-state index < -0.39 is 5.91 Å². The predicted octanol–water partition coefficient (Wildman–Crippen LogP) is 0.152. The third-order valence-corrected chi connectivity index (χ3v) is 3.87. The summed E-state index contributed by atoms with van der Waals surface area (Å²) in [4.78, 5) is 25.4. The van der Waals surface area contributed by atoms with Gasteiger partial charge in [0, 0.05) is 13.6 Å². The molecule has 1 rings (SSSR count). The van der Waals surface area contributed by atoms with Crippen LogP contribution < -0.4 is 22.1 Å². The average molecular weight is 299 g/mol. The van der Waals surface area contributed by atoms with E-state index in [1.807, 2.05) is 14.1 Å². The second kappa shape index (κ2) is 7.11. The number of amides is 2. The highest BCUT2D eigenvalue weighted by Crippen LogP contribution is 2.35. The zero-order chi connectivity index (χ0) is 15.3. The van der Waals surface area contributed by atoms with E-state index >= 15 is 0 Å². The van der Waals surface area contributed by atoms with Gasteiger partial charge in [-0.3, -0.25) is 9.59 Å². The number of rotatable bonds is 7. The lowest BCUT2D eigenvalue weighted by Gasteiger charge is -2.10. The lowest BCUT2D eigenvalue weighted by molar-refractivity contribution is 0.0965. The quantitative estimate of drug-likeness (QED) is 0.535. The maximum absolute atomic E-state index is 11.8. The molecule has 20 heavy (non-hydrogen) atoms. The number of nitrogens with two attached hydrogens (primary N) is 2. The van der Waals surface area contributed by atoms with Gasteiger partial charge in [-0.05, 0) is 27.1 Å². The van der Waals surface area contributed by atoms with Crippen LogP contribution in [0.2, 0.25) is 0 Å². The highest BCUT2D eigenvalue weighted by molar-refractivity contribution is 7.19. The van der Waals surface area contributed by atoms with Crippen LogP contribution in [0.25, 0.3) is 0 Å². The number of hydrogen-bond acceptors (Lipinski definition) is 6. The van der Waals surface area contributed by atoms with Crippen LogP contribution in [0.3, 0.4) is 0 Å². The van der Waals surface area contributed by atoms with Gasteiger partial charge in [0.2, 0.25) is 0 Å². The van der Waals surface area contributed by atoms with Crippen molar-refractivity contribution < 1.29 is 9.59 Å². The number of carbonyl (C=O) groups is 2. The van der Waals surface area contributed by atoms with Gasteiger partial charge in [0.15, 0.2) is 0 Å². The number of nitrogens with one attached hydrogen (secondary N) is 2. The van der Waals surface area contributed by atoms with Crippen molar-refractivity contribution in [2.45, 2.75) is 6.42 Å². The van der Waals surface area contributed by atoms with Gasteiger partial charge in [0.05, 0.1) is 11.3 Å². The number of nitrogen functional groups attached to an aromatic ring is 1. The van der Waals surface area contributed by atoms with Gasteiger partial charge in [-0.15, -0.1) is 11.3 Å². The highest BCUT2D eigenvalue weighted by Gasteiger charge is 2.23. The zero-order valence-corrected chi connectivity index (χ0v) is 12.8. The fourth-order valence-electron chi connectivity index (χ4n) is 1.70. The molecule has 6 N–H and O–H groups in total. The first-order chi connectivity index (χ1) is 9.38. The van der Waals surface area contributed by atoms with E-state index in [0.717, 1.165) is 24.3 Å². The van der Waals surface area contributed by atoms with Crippen LogP contribution in [0.15, 0.2) is 0 Å². The molecule has 0 aliphatic rings. The Labute approximate surface area is 122 Å². The molecule has 0 saturated carbocycles. The Balaban J connectivity index is 2.90. The molecule has 8 heteroatoms. The number of nitrogens with zero attached hydrogens (tertiary/aromatic N) is 1. The van der Waals surface area contributed by atoms with Crippen LogP contribution in [0, 0.1) is 0 Å². The first-order valence-electron chi connectivity index (χ1n) is 6.21. The second-order valence-electron chi connectivity index (χ2n) is 4.58. The number of primary amides is 1. The van der Waals surface area contributed by atoms with Gasteiger partial charge >= 0.3 is 0 Å². The van der Waals surface area contributed by atoms with E-state index in [-0.39, 0.29) is 22.0 Å². The van der Waals surface area contributed by atoms with Gasteiger partial charge in [0.25, 0.3) is 11.8 Å². The fourth-order valence-corrected chi connectivity index (χ4v) is 2.69. The van der Waals surface area contributed by atoms with Gasteiger partial charge in [-0.1, -0.05) is 0 Å². The molecule has 7 nitrogen and oxygen atoms in total. The topological polar surface area (TPSA) is 113 Å². The summed E-state index contributed by atoms with van der Waals surface area (Å²) < 4.78 is 0. The third kappa shape index (κ3) is 3.84. The molecule has 112 valence electrons. The molecule has 0 spiro atoms. The highest BCUT2D eigenvalue weighted by atomic mass is 32.1. The molecule has 0 fully saturated rings. The van der Waals surface area contributed by atoms with Crippen LogP contribution in [-0.4, -0.2) is 50.9 Å². The first-order valence-corrected chi connectivity index (χ1v) is 7.02. The molecule has 0 aliphatic heterocycles. The van der Waals surface area contributed by atoms with Crippen LogP contribution >= 0.6 is 11.3 Å². The lowest BCUT2D eigenvalue weighted by Crippen LogP contribution is -2.21. The first kappa shape index (κ1) is 16.3. The minimum absolute atomic E-state index is 0.136. The standard InChI is InChI=1S/C12H21N5O2S/c1-15-11(19)7-8(13)9(10(14)18)20-12(7)16-5-4-6-17(2)3/h16H,4-6,13H2,1-3H3,(H2,14,18)(H,15,19). The van der Waals surface area contributed by atoms with Crippen LogP contribution in [0.5, 0.6) is 0 Å². The summed E-state index contributed by atoms with van der Waals surface area (Å²) in [7, 11) is 5.49. The van der Waals surface area contributed by atoms with E-state index in [2.05, 4.69) is 15.5 Å². The van der Waals surface area contributed by atoms with Crippen molar-refractivity contribution in [1.82, 2.24) is 10.2 Å². The van der Waals surface area contributed by atoms with E-state index in [1.165, 1.54) is 7.05 Å². The smallest absolute Gasteiger partial charge is 0.260 e. The zero-order valence-electron chi connectivity index (χ0n) is 11.9. The molecule has 0 radical (unpaired) electrons. The Kier molecular flexibility index (Phi) is 5.78. The number of thiophene rings is 1. The Bertz CT molecular complexity index is 498. The Morgan fingerprint density at radius 3 is 2.50 bits per heavy atom. The summed E-state index contributed by atoms with van der Waals surface area (Å²) in [5.74, 6) is -0.958. The van der Waals surface area contributed by atoms with E-state index in [0.29, 0.717) is 11.5 Å². The van der Waals surface area contributed by atoms with Crippen molar-refractivity contribution in [3.05, 3.63) is 10.4 Å². The molecule has 2 amide bonds. The van der Waals surface area contributed by atoms with Gasteiger partial charge in [-0.2, -0.15) is 0 Å². The fraction of sp³-hybridized carbons (Fsp3) is 0.500. The predicted molar refractivity (Wildman–Crippen MR) is 82.3 cm³/mol. The minimum atomic E-state index is -0.626. The van der Waals surface area contributed by atoms with Gasteiger partial charge < -0.3 is 27.0 Å². The van der Waals surface area contributed by atoms with Crippen LogP contribution in [0.4, 0.5) is 10.7 Å². The van der Waals surface area contributed by atoms with Crippen molar-refractivity contribution in [3.63, 3.8) is 0 Å². The van der Waals surface area contributed by atoms with E-state index in [9.17, 15) is 9.59 Å². The Morgan fingerprint density at radius 1 is 1.35 bits per heavy atom. The number of hydrogen-bond donors (Lipinski definition) is 4. The molecule has 0 aliphatic carbocycles. The van der Waals surface area contributed by atoms with Crippen LogP contribution in [-0.2, 0) is 0 Å². The average Bonchev–Trinajstić information content (AvgIpc) is 2.71. The summed E-state index contributed by atoms with van der Waals surface area (Å²) in [6.07, 6.45) is 0.907. The Hall–Kier alpha value is -1.80. The largest absolute Gasteiger partial charge is 0.397 e. The molecule has 1 aromatic rings.